The molecule has 1 atom stereocenters. The van der Waals surface area contributed by atoms with Crippen LogP contribution in [0.1, 0.15) is 15.9 Å². The summed E-state index contributed by atoms with van der Waals surface area (Å²) in [4.78, 5) is 16.4. The molecule has 2 aromatic rings. The fourth-order valence-electron chi connectivity index (χ4n) is 1.82. The Morgan fingerprint density at radius 2 is 1.58 bits per heavy atom. The van der Waals surface area contributed by atoms with Gasteiger partial charge in [-0.15, -0.1) is 0 Å². The summed E-state index contributed by atoms with van der Waals surface area (Å²) in [7, 11) is 0. The predicted octanol–water partition coefficient (Wildman–Crippen LogP) is 4.17. The van der Waals surface area contributed by atoms with Crippen LogP contribution in [0.2, 0.25) is 5.02 Å². The zero-order valence-electron chi connectivity index (χ0n) is 12.2. The number of nitrogens with zero attached hydrogens (tertiary/aromatic N) is 1. The van der Waals surface area contributed by atoms with Crippen LogP contribution in [0.25, 0.3) is 0 Å². The molecule has 0 aliphatic carbocycles. The highest BCUT2D eigenvalue weighted by Crippen LogP contribution is 2.31. The molecule has 2 aromatic carbocycles. The molecular formula is C16H13Cl4N3O. The van der Waals surface area contributed by atoms with Crippen LogP contribution in [0, 0.1) is 0 Å². The highest BCUT2D eigenvalue weighted by atomic mass is 35.6. The maximum atomic E-state index is 12.3. The van der Waals surface area contributed by atoms with Crippen molar-refractivity contribution in [2.45, 2.75) is 9.96 Å². The van der Waals surface area contributed by atoms with Gasteiger partial charge in [-0.1, -0.05) is 76.7 Å². The van der Waals surface area contributed by atoms with Crippen LogP contribution in [0.15, 0.2) is 59.6 Å². The van der Waals surface area contributed by atoms with Crippen LogP contribution in [-0.4, -0.2) is 21.7 Å². The number of alkyl halides is 3. The summed E-state index contributed by atoms with van der Waals surface area (Å²) in [6, 6.07) is 15.2. The summed E-state index contributed by atoms with van der Waals surface area (Å²) in [5.41, 5.74) is 6.94. The van der Waals surface area contributed by atoms with E-state index in [1.165, 1.54) is 0 Å². The molecule has 0 bridgehead atoms. The van der Waals surface area contributed by atoms with E-state index in [2.05, 4.69) is 10.3 Å². The first kappa shape index (κ1) is 18.9. The molecule has 0 spiro atoms. The third-order valence-corrected chi connectivity index (χ3v) is 3.89. The molecule has 1 unspecified atom stereocenters. The summed E-state index contributed by atoms with van der Waals surface area (Å²) in [5, 5.41) is 3.06. The number of hydrogen-bond donors (Lipinski definition) is 2. The van der Waals surface area contributed by atoms with Crippen LogP contribution in [0.4, 0.5) is 0 Å². The van der Waals surface area contributed by atoms with Crippen LogP contribution in [0.5, 0.6) is 0 Å². The molecule has 0 aliphatic heterocycles. The molecule has 0 aliphatic rings. The molecule has 0 aromatic heterocycles. The first-order valence-electron chi connectivity index (χ1n) is 6.79. The van der Waals surface area contributed by atoms with E-state index in [4.69, 9.17) is 52.1 Å². The van der Waals surface area contributed by atoms with Crippen molar-refractivity contribution < 1.29 is 4.79 Å². The smallest absolute Gasteiger partial charge is 0.253 e. The molecular weight excluding hydrogens is 392 g/mol. The van der Waals surface area contributed by atoms with Gasteiger partial charge in [-0.2, -0.15) is 0 Å². The van der Waals surface area contributed by atoms with Gasteiger partial charge >= 0.3 is 0 Å². The molecule has 2 rings (SSSR count). The fourth-order valence-corrected chi connectivity index (χ4v) is 2.25. The van der Waals surface area contributed by atoms with Crippen molar-refractivity contribution >= 4 is 58.1 Å². The summed E-state index contributed by atoms with van der Waals surface area (Å²) in [6.07, 6.45) is -1.16. The van der Waals surface area contributed by atoms with E-state index >= 15 is 0 Å². The quantitative estimate of drug-likeness (QED) is 0.456. The van der Waals surface area contributed by atoms with Gasteiger partial charge in [0.1, 0.15) is 5.84 Å². The normalized spacial score (nSPS) is 13.4. The number of hydrogen-bond acceptors (Lipinski definition) is 2. The van der Waals surface area contributed by atoms with Crippen molar-refractivity contribution in [1.82, 2.24) is 5.32 Å². The number of nitrogens with one attached hydrogen (secondary N) is 1. The highest BCUT2D eigenvalue weighted by molar-refractivity contribution is 6.68. The van der Waals surface area contributed by atoms with E-state index in [-0.39, 0.29) is 5.84 Å². The number of benzene rings is 2. The van der Waals surface area contributed by atoms with Crippen molar-refractivity contribution in [3.8, 4) is 0 Å². The van der Waals surface area contributed by atoms with E-state index in [0.29, 0.717) is 16.1 Å². The Bertz CT molecular complexity index is 727. The van der Waals surface area contributed by atoms with Crippen LogP contribution in [-0.2, 0) is 0 Å². The molecule has 0 saturated carbocycles. The Labute approximate surface area is 159 Å². The molecule has 0 fully saturated rings. The Morgan fingerprint density at radius 3 is 2.12 bits per heavy atom. The molecule has 126 valence electrons. The van der Waals surface area contributed by atoms with E-state index in [0.717, 1.165) is 0 Å². The van der Waals surface area contributed by atoms with E-state index in [9.17, 15) is 4.79 Å². The Kier molecular flexibility index (Phi) is 6.35. The Hall–Kier alpha value is -1.46. The van der Waals surface area contributed by atoms with E-state index < -0.39 is 15.9 Å². The lowest BCUT2D eigenvalue weighted by molar-refractivity contribution is 0.0939. The van der Waals surface area contributed by atoms with Gasteiger partial charge < -0.3 is 11.1 Å². The second kappa shape index (κ2) is 8.08. The number of amides is 1. The number of nitrogens with two attached hydrogens (primary N) is 1. The molecule has 0 radical (unpaired) electrons. The van der Waals surface area contributed by atoms with Crippen molar-refractivity contribution in [2.24, 2.45) is 10.7 Å². The maximum absolute atomic E-state index is 12.3. The highest BCUT2D eigenvalue weighted by Gasteiger charge is 2.34. The van der Waals surface area contributed by atoms with Crippen molar-refractivity contribution in [2.75, 3.05) is 0 Å². The average Bonchev–Trinajstić information content (AvgIpc) is 2.54. The molecule has 24 heavy (non-hydrogen) atoms. The average molecular weight is 405 g/mol. The van der Waals surface area contributed by atoms with Gasteiger partial charge in [-0.3, -0.25) is 4.79 Å². The topological polar surface area (TPSA) is 67.5 Å². The van der Waals surface area contributed by atoms with Crippen molar-refractivity contribution in [3.05, 3.63) is 70.7 Å². The monoisotopic (exact) mass is 403 g/mol. The lowest BCUT2D eigenvalue weighted by atomic mass is 10.2. The summed E-state index contributed by atoms with van der Waals surface area (Å²) in [6.45, 7) is 0. The molecule has 3 N–H and O–H groups in total. The van der Waals surface area contributed by atoms with E-state index in [1.54, 1.807) is 48.5 Å². The summed E-state index contributed by atoms with van der Waals surface area (Å²) < 4.78 is -1.87. The largest absolute Gasteiger partial charge is 0.383 e. The van der Waals surface area contributed by atoms with Gasteiger partial charge in [0.05, 0.1) is 0 Å². The number of carbonyl (C=O) groups excluding carboxylic acids is 1. The lowest BCUT2D eigenvalue weighted by Crippen LogP contribution is -2.43. The maximum Gasteiger partial charge on any atom is 0.253 e. The third-order valence-electron chi connectivity index (χ3n) is 3.02. The third kappa shape index (κ3) is 5.28. The minimum absolute atomic E-state index is 0.142. The molecule has 1 amide bonds. The number of aliphatic imine (C=N–C) groups is 1. The second-order valence-electron chi connectivity index (χ2n) is 4.80. The first-order chi connectivity index (χ1) is 11.3. The summed E-state index contributed by atoms with van der Waals surface area (Å²) >= 11 is 23.6. The standard InChI is InChI=1S/C16H13Cl4N3O/c17-12-8-6-11(7-9-12)14(24)23-15(16(18,19)20)22-13(21)10-4-2-1-3-5-10/h1-9,15H,(H2,21,22)(H,23,24). The zero-order chi connectivity index (χ0) is 17.7. The SMILES string of the molecule is NC(=NC(NC(=O)c1ccc(Cl)cc1)C(Cl)(Cl)Cl)c1ccccc1. The van der Waals surface area contributed by atoms with Gasteiger partial charge in [-0.05, 0) is 24.3 Å². The van der Waals surface area contributed by atoms with Crippen molar-refractivity contribution in [3.63, 3.8) is 0 Å². The number of rotatable bonds is 4. The first-order valence-corrected chi connectivity index (χ1v) is 8.30. The number of amidine groups is 1. The molecule has 4 nitrogen and oxygen atoms in total. The molecule has 0 heterocycles. The minimum atomic E-state index is -1.87. The van der Waals surface area contributed by atoms with Gasteiger partial charge in [0, 0.05) is 16.1 Å². The zero-order valence-corrected chi connectivity index (χ0v) is 15.2. The van der Waals surface area contributed by atoms with Gasteiger partial charge in [0.2, 0.25) is 3.79 Å². The fraction of sp³-hybridized carbons (Fsp3) is 0.125. The lowest BCUT2D eigenvalue weighted by Gasteiger charge is -2.22. The van der Waals surface area contributed by atoms with Crippen molar-refractivity contribution in [1.29, 1.82) is 0 Å². The second-order valence-corrected chi connectivity index (χ2v) is 7.61. The van der Waals surface area contributed by atoms with Gasteiger partial charge in [0.25, 0.3) is 5.91 Å². The molecule has 8 heteroatoms. The number of halogens is 4. The van der Waals surface area contributed by atoms with Crippen LogP contribution in [0.3, 0.4) is 0 Å². The van der Waals surface area contributed by atoms with E-state index in [1.807, 2.05) is 6.07 Å². The minimum Gasteiger partial charge on any atom is -0.383 e. The van der Waals surface area contributed by atoms with Crippen LogP contribution >= 0.6 is 46.4 Å². The Balaban J connectivity index is 2.23. The van der Waals surface area contributed by atoms with Crippen LogP contribution < -0.4 is 11.1 Å². The van der Waals surface area contributed by atoms with Gasteiger partial charge in [0.15, 0.2) is 6.17 Å². The predicted molar refractivity (Wildman–Crippen MR) is 100 cm³/mol. The van der Waals surface area contributed by atoms with Gasteiger partial charge in [-0.25, -0.2) is 4.99 Å². The Morgan fingerprint density at radius 1 is 1.00 bits per heavy atom. The summed E-state index contributed by atoms with van der Waals surface area (Å²) in [5.74, 6) is -0.323. The number of carbonyl (C=O) groups is 1. The molecule has 0 saturated heterocycles.